The Morgan fingerprint density at radius 3 is 2.72 bits per heavy atom. The first kappa shape index (κ1) is 16.4. The molecule has 1 aliphatic carbocycles. The summed E-state index contributed by atoms with van der Waals surface area (Å²) in [6.45, 7) is 4.60. The second-order valence-corrected chi connectivity index (χ2v) is 7.27. The fourth-order valence-corrected chi connectivity index (χ4v) is 4.43. The molecular formula is C19H25N3O3. The van der Waals surface area contributed by atoms with E-state index in [2.05, 4.69) is 23.6 Å². The molecule has 0 spiro atoms. The van der Waals surface area contributed by atoms with Crippen molar-refractivity contribution in [3.63, 3.8) is 0 Å². The van der Waals surface area contributed by atoms with E-state index >= 15 is 0 Å². The summed E-state index contributed by atoms with van der Waals surface area (Å²) in [4.78, 5) is 26.3. The second kappa shape index (κ2) is 6.67. The monoisotopic (exact) mass is 343 g/mol. The van der Waals surface area contributed by atoms with E-state index in [-0.39, 0.29) is 24.0 Å². The minimum atomic E-state index is -0.0522. The maximum absolute atomic E-state index is 12.9. The normalized spacial score (nSPS) is 28.9. The molecule has 2 saturated heterocycles. The maximum atomic E-state index is 12.9. The van der Waals surface area contributed by atoms with Gasteiger partial charge in [-0.15, -0.1) is 0 Å². The van der Waals surface area contributed by atoms with Gasteiger partial charge >= 0.3 is 6.03 Å². The van der Waals surface area contributed by atoms with Gasteiger partial charge in [0.2, 0.25) is 0 Å². The van der Waals surface area contributed by atoms with Gasteiger partial charge in [-0.2, -0.15) is 0 Å². The summed E-state index contributed by atoms with van der Waals surface area (Å²) in [6, 6.07) is 6.46. The zero-order valence-corrected chi connectivity index (χ0v) is 14.6. The number of ether oxygens (including phenoxy) is 1. The van der Waals surface area contributed by atoms with Crippen molar-refractivity contribution in [1.82, 2.24) is 15.5 Å². The average Bonchev–Trinajstić information content (AvgIpc) is 3.01. The number of fused-ring (bicyclic) bond motifs is 1. The molecule has 3 unspecified atom stereocenters. The summed E-state index contributed by atoms with van der Waals surface area (Å²) < 4.78 is 5.35. The molecule has 3 fully saturated rings. The molecule has 2 N–H and O–H groups in total. The van der Waals surface area contributed by atoms with Crippen molar-refractivity contribution in [2.24, 2.45) is 0 Å². The lowest BCUT2D eigenvalue weighted by atomic mass is 9.77. The highest BCUT2D eigenvalue weighted by Crippen LogP contribution is 2.36. The van der Waals surface area contributed by atoms with Gasteiger partial charge in [-0.05, 0) is 49.3 Å². The van der Waals surface area contributed by atoms with Crippen LogP contribution in [0.1, 0.15) is 46.7 Å². The Morgan fingerprint density at radius 1 is 1.16 bits per heavy atom. The Labute approximate surface area is 147 Å². The molecule has 6 nitrogen and oxygen atoms in total. The molecule has 25 heavy (non-hydrogen) atoms. The lowest BCUT2D eigenvalue weighted by Gasteiger charge is -2.32. The molecule has 134 valence electrons. The molecule has 3 atom stereocenters. The van der Waals surface area contributed by atoms with Crippen molar-refractivity contribution in [3.8, 4) is 0 Å². The second-order valence-electron chi connectivity index (χ2n) is 7.27. The zero-order chi connectivity index (χ0) is 17.4. The molecule has 3 aliphatic rings. The van der Waals surface area contributed by atoms with Crippen molar-refractivity contribution in [2.45, 2.75) is 44.2 Å². The van der Waals surface area contributed by atoms with Crippen LogP contribution in [0.25, 0.3) is 0 Å². The van der Waals surface area contributed by atoms with Gasteiger partial charge in [0.1, 0.15) is 0 Å². The first-order chi connectivity index (χ1) is 12.1. The van der Waals surface area contributed by atoms with Crippen LogP contribution in [0.5, 0.6) is 0 Å². The number of amides is 3. The average molecular weight is 343 g/mol. The number of benzene rings is 1. The number of carbonyl (C=O) groups excluding carboxylic acids is 2. The van der Waals surface area contributed by atoms with Crippen molar-refractivity contribution in [2.75, 3.05) is 26.3 Å². The van der Waals surface area contributed by atoms with E-state index in [0.717, 1.165) is 30.4 Å². The molecule has 2 heterocycles. The molecule has 0 bridgehead atoms. The van der Waals surface area contributed by atoms with Gasteiger partial charge in [-0.3, -0.25) is 4.79 Å². The summed E-state index contributed by atoms with van der Waals surface area (Å²) in [6.07, 6.45) is 2.95. The largest absolute Gasteiger partial charge is 0.378 e. The predicted octanol–water partition coefficient (Wildman–Crippen LogP) is 1.78. The predicted molar refractivity (Wildman–Crippen MR) is 93.7 cm³/mol. The smallest absolute Gasteiger partial charge is 0.315 e. The molecule has 0 radical (unpaired) electrons. The summed E-state index contributed by atoms with van der Waals surface area (Å²) in [5.41, 5.74) is 3.13. The van der Waals surface area contributed by atoms with Crippen molar-refractivity contribution >= 4 is 11.9 Å². The SMILES string of the molecule is Cc1c(C(=O)N2CCOCC2)cccc1C1CCC2NC(=O)NC2C1. The highest BCUT2D eigenvalue weighted by atomic mass is 16.5. The van der Waals surface area contributed by atoms with Gasteiger partial charge in [-0.1, -0.05) is 12.1 Å². The summed E-state index contributed by atoms with van der Waals surface area (Å²) in [7, 11) is 0. The van der Waals surface area contributed by atoms with Crippen molar-refractivity contribution in [3.05, 3.63) is 34.9 Å². The first-order valence-corrected chi connectivity index (χ1v) is 9.17. The summed E-state index contributed by atoms with van der Waals surface area (Å²) >= 11 is 0. The van der Waals surface area contributed by atoms with Crippen LogP contribution in [0.4, 0.5) is 4.79 Å². The van der Waals surface area contributed by atoms with E-state index in [9.17, 15) is 9.59 Å². The molecule has 1 aromatic rings. The van der Waals surface area contributed by atoms with Crippen molar-refractivity contribution in [1.29, 1.82) is 0 Å². The van der Waals surface area contributed by atoms with Crippen LogP contribution in [0.15, 0.2) is 18.2 Å². The molecular weight excluding hydrogens is 318 g/mol. The standard InChI is InChI=1S/C19H25N3O3/c1-12-14(13-5-6-16-17(11-13)21-19(24)20-16)3-2-4-15(12)18(23)22-7-9-25-10-8-22/h2-4,13,16-17H,5-11H2,1H3,(H2,20,21,24). The van der Waals surface area contributed by atoms with Gasteiger partial charge in [-0.25, -0.2) is 4.79 Å². The summed E-state index contributed by atoms with van der Waals surface area (Å²) in [5, 5.41) is 6.02. The lowest BCUT2D eigenvalue weighted by Crippen LogP contribution is -2.41. The lowest BCUT2D eigenvalue weighted by molar-refractivity contribution is 0.0302. The number of carbonyl (C=O) groups is 2. The number of urea groups is 1. The Morgan fingerprint density at radius 2 is 1.92 bits per heavy atom. The fourth-order valence-electron chi connectivity index (χ4n) is 4.43. The Hall–Kier alpha value is -2.08. The van der Waals surface area contributed by atoms with E-state index in [0.29, 0.717) is 32.2 Å². The third-order valence-electron chi connectivity index (χ3n) is 5.83. The van der Waals surface area contributed by atoms with Crippen LogP contribution < -0.4 is 10.6 Å². The number of hydrogen-bond acceptors (Lipinski definition) is 3. The molecule has 3 amide bonds. The van der Waals surface area contributed by atoms with Crippen LogP contribution in [-0.2, 0) is 4.74 Å². The molecule has 0 aromatic heterocycles. The molecule has 6 heteroatoms. The van der Waals surface area contributed by atoms with Gasteiger partial charge < -0.3 is 20.3 Å². The zero-order valence-electron chi connectivity index (χ0n) is 14.6. The quantitative estimate of drug-likeness (QED) is 0.860. The highest BCUT2D eigenvalue weighted by Gasteiger charge is 2.38. The molecule has 4 rings (SSSR count). The van der Waals surface area contributed by atoms with E-state index in [1.807, 2.05) is 17.0 Å². The number of rotatable bonds is 2. The number of nitrogens with one attached hydrogen (secondary N) is 2. The highest BCUT2D eigenvalue weighted by molar-refractivity contribution is 5.96. The van der Waals surface area contributed by atoms with Crippen molar-refractivity contribution < 1.29 is 14.3 Å². The third kappa shape index (κ3) is 3.11. The molecule has 1 aromatic carbocycles. The number of nitrogens with zero attached hydrogens (tertiary/aromatic N) is 1. The summed E-state index contributed by atoms with van der Waals surface area (Å²) in [5.74, 6) is 0.492. The van der Waals surface area contributed by atoms with Gasteiger partial charge in [0.05, 0.1) is 25.3 Å². The van der Waals surface area contributed by atoms with E-state index < -0.39 is 0 Å². The topological polar surface area (TPSA) is 70.7 Å². The molecule has 2 aliphatic heterocycles. The minimum absolute atomic E-state index is 0.0522. The van der Waals surface area contributed by atoms with Crippen LogP contribution in [0, 0.1) is 6.92 Å². The maximum Gasteiger partial charge on any atom is 0.315 e. The fraction of sp³-hybridized carbons (Fsp3) is 0.579. The minimum Gasteiger partial charge on any atom is -0.378 e. The number of hydrogen-bond donors (Lipinski definition) is 2. The Bertz CT molecular complexity index is 684. The van der Waals surface area contributed by atoms with E-state index in [1.54, 1.807) is 0 Å². The van der Waals surface area contributed by atoms with Crippen LogP contribution in [-0.4, -0.2) is 55.2 Å². The number of morpholine rings is 1. The van der Waals surface area contributed by atoms with E-state index in [1.165, 1.54) is 5.56 Å². The van der Waals surface area contributed by atoms with Gasteiger partial charge in [0, 0.05) is 18.7 Å². The van der Waals surface area contributed by atoms with E-state index in [4.69, 9.17) is 4.74 Å². The van der Waals surface area contributed by atoms with Crippen LogP contribution in [0.3, 0.4) is 0 Å². The first-order valence-electron chi connectivity index (χ1n) is 9.17. The molecule has 1 saturated carbocycles. The van der Waals surface area contributed by atoms with Crippen LogP contribution >= 0.6 is 0 Å². The van der Waals surface area contributed by atoms with Gasteiger partial charge in [0.15, 0.2) is 0 Å². The Kier molecular flexibility index (Phi) is 4.37. The van der Waals surface area contributed by atoms with Gasteiger partial charge in [0.25, 0.3) is 5.91 Å². The third-order valence-corrected chi connectivity index (χ3v) is 5.83. The Balaban J connectivity index is 1.55. The van der Waals surface area contributed by atoms with Crippen LogP contribution in [0.2, 0.25) is 0 Å².